The van der Waals surface area contributed by atoms with Crippen molar-refractivity contribution >= 4 is 17.3 Å². The van der Waals surface area contributed by atoms with E-state index in [1.54, 1.807) is 36.4 Å². The van der Waals surface area contributed by atoms with E-state index in [0.29, 0.717) is 23.4 Å². The first-order valence-corrected chi connectivity index (χ1v) is 7.56. The zero-order chi connectivity index (χ0) is 16.9. The molecule has 2 N–H and O–H groups in total. The predicted octanol–water partition coefficient (Wildman–Crippen LogP) is 4.86. The predicted molar refractivity (Wildman–Crippen MR) is 92.3 cm³/mol. The molecule has 0 aliphatic heterocycles. The number of nitrogens with one attached hydrogen (secondary N) is 1. The van der Waals surface area contributed by atoms with Crippen LogP contribution in [0.5, 0.6) is 0 Å². The zero-order valence-electron chi connectivity index (χ0n) is 12.9. The average Bonchev–Trinajstić information content (AvgIpc) is 2.59. The number of rotatable bonds is 5. The van der Waals surface area contributed by atoms with E-state index in [1.807, 2.05) is 30.3 Å². The first-order valence-electron chi connectivity index (χ1n) is 7.56. The molecule has 0 aliphatic carbocycles. The molecular formula is C20H16FNO2. The molecule has 3 aromatic rings. The molecule has 0 radical (unpaired) electrons. The number of hydrogen-bond donors (Lipinski definition) is 2. The Labute approximate surface area is 139 Å². The van der Waals surface area contributed by atoms with Crippen molar-refractivity contribution in [3.63, 3.8) is 0 Å². The lowest BCUT2D eigenvalue weighted by atomic mass is 9.97. The van der Waals surface area contributed by atoms with Gasteiger partial charge in [-0.1, -0.05) is 48.5 Å². The number of benzene rings is 3. The summed E-state index contributed by atoms with van der Waals surface area (Å²) in [5, 5.41) is 12.5. The van der Waals surface area contributed by atoms with Crippen molar-refractivity contribution in [2.24, 2.45) is 0 Å². The number of halogens is 1. The first-order chi connectivity index (χ1) is 11.6. The molecule has 3 nitrogen and oxygen atoms in total. The second-order valence-electron chi connectivity index (χ2n) is 5.40. The molecule has 0 saturated heterocycles. The Morgan fingerprint density at radius 1 is 0.875 bits per heavy atom. The Kier molecular flexibility index (Phi) is 4.57. The van der Waals surface area contributed by atoms with Crippen molar-refractivity contribution in [3.8, 4) is 0 Å². The quantitative estimate of drug-likeness (QED) is 0.705. The lowest BCUT2D eigenvalue weighted by molar-refractivity contribution is 0.0696. The Morgan fingerprint density at radius 2 is 1.54 bits per heavy atom. The van der Waals surface area contributed by atoms with Gasteiger partial charge in [-0.15, -0.1) is 0 Å². The minimum atomic E-state index is -1.00. The Hall–Kier alpha value is -3.14. The molecule has 0 amide bonds. The van der Waals surface area contributed by atoms with Crippen LogP contribution in [0.4, 0.5) is 15.8 Å². The summed E-state index contributed by atoms with van der Waals surface area (Å²) in [6.45, 7) is 0. The highest BCUT2D eigenvalue weighted by Gasteiger charge is 2.15. The van der Waals surface area contributed by atoms with E-state index in [1.165, 1.54) is 6.07 Å². The van der Waals surface area contributed by atoms with Gasteiger partial charge in [0.25, 0.3) is 0 Å². The van der Waals surface area contributed by atoms with E-state index < -0.39 is 5.97 Å². The Balaban J connectivity index is 2.04. The summed E-state index contributed by atoms with van der Waals surface area (Å²) in [4.78, 5) is 11.6. The van der Waals surface area contributed by atoms with Crippen LogP contribution < -0.4 is 5.32 Å². The van der Waals surface area contributed by atoms with E-state index >= 15 is 0 Å². The number of carbonyl (C=O) groups is 1. The molecule has 0 spiro atoms. The summed E-state index contributed by atoms with van der Waals surface area (Å²) in [5.74, 6) is -1.39. The molecule has 24 heavy (non-hydrogen) atoms. The van der Waals surface area contributed by atoms with Gasteiger partial charge in [0.05, 0.1) is 11.3 Å². The van der Waals surface area contributed by atoms with Crippen molar-refractivity contribution in [1.82, 2.24) is 0 Å². The fourth-order valence-electron chi connectivity index (χ4n) is 2.60. The molecule has 0 aromatic heterocycles. The van der Waals surface area contributed by atoms with Gasteiger partial charge < -0.3 is 10.4 Å². The van der Waals surface area contributed by atoms with Gasteiger partial charge in [0.15, 0.2) is 0 Å². The summed E-state index contributed by atoms with van der Waals surface area (Å²) in [5.41, 5.74) is 2.72. The molecule has 0 bridgehead atoms. The molecule has 4 heteroatoms. The van der Waals surface area contributed by atoms with Crippen molar-refractivity contribution in [2.75, 3.05) is 5.32 Å². The summed E-state index contributed by atoms with van der Waals surface area (Å²) in [7, 11) is 0. The summed E-state index contributed by atoms with van der Waals surface area (Å²) >= 11 is 0. The molecular weight excluding hydrogens is 305 g/mol. The molecule has 0 atom stereocenters. The fourth-order valence-corrected chi connectivity index (χ4v) is 2.60. The molecule has 0 saturated carbocycles. The largest absolute Gasteiger partial charge is 0.478 e. The average molecular weight is 321 g/mol. The third-order valence-corrected chi connectivity index (χ3v) is 3.77. The third kappa shape index (κ3) is 3.43. The van der Waals surface area contributed by atoms with Gasteiger partial charge in [0, 0.05) is 12.1 Å². The minimum absolute atomic E-state index is 0.209. The standard InChI is InChI=1S/C20H16FNO2/c21-17-10-4-5-11-19(17)22-18-12-6-9-15(20(23)24)16(18)13-14-7-2-1-3-8-14/h1-12,22H,13H2,(H,23,24). The van der Waals surface area contributed by atoms with Crippen LogP contribution in [0.2, 0.25) is 0 Å². The van der Waals surface area contributed by atoms with Crippen LogP contribution in [0.15, 0.2) is 72.8 Å². The molecule has 0 unspecified atom stereocenters. The number of carboxylic acid groups (broad SMARTS) is 1. The molecule has 0 heterocycles. The second kappa shape index (κ2) is 6.96. The maximum atomic E-state index is 13.9. The van der Waals surface area contributed by atoms with Crippen molar-refractivity contribution in [2.45, 2.75) is 6.42 Å². The van der Waals surface area contributed by atoms with Crippen LogP contribution >= 0.6 is 0 Å². The van der Waals surface area contributed by atoms with Crippen molar-refractivity contribution in [3.05, 3.63) is 95.3 Å². The SMILES string of the molecule is O=C(O)c1cccc(Nc2ccccc2F)c1Cc1ccccc1. The van der Waals surface area contributed by atoms with E-state index in [2.05, 4.69) is 5.32 Å². The summed E-state index contributed by atoms with van der Waals surface area (Å²) < 4.78 is 13.9. The van der Waals surface area contributed by atoms with Gasteiger partial charge in [-0.25, -0.2) is 9.18 Å². The van der Waals surface area contributed by atoms with Crippen LogP contribution in [-0.4, -0.2) is 11.1 Å². The second-order valence-corrected chi connectivity index (χ2v) is 5.40. The van der Waals surface area contributed by atoms with E-state index in [4.69, 9.17) is 0 Å². The van der Waals surface area contributed by atoms with Crippen molar-refractivity contribution < 1.29 is 14.3 Å². The van der Waals surface area contributed by atoms with Gasteiger partial charge in [0.2, 0.25) is 0 Å². The van der Waals surface area contributed by atoms with Gasteiger partial charge in [0.1, 0.15) is 5.82 Å². The maximum Gasteiger partial charge on any atom is 0.336 e. The van der Waals surface area contributed by atoms with E-state index in [0.717, 1.165) is 5.56 Å². The maximum absolute atomic E-state index is 13.9. The minimum Gasteiger partial charge on any atom is -0.478 e. The van der Waals surface area contributed by atoms with E-state index in [9.17, 15) is 14.3 Å². The van der Waals surface area contributed by atoms with Gasteiger partial charge >= 0.3 is 5.97 Å². The lowest BCUT2D eigenvalue weighted by Crippen LogP contribution is -2.07. The Morgan fingerprint density at radius 3 is 2.25 bits per heavy atom. The third-order valence-electron chi connectivity index (χ3n) is 3.77. The monoisotopic (exact) mass is 321 g/mol. The highest BCUT2D eigenvalue weighted by Crippen LogP contribution is 2.27. The van der Waals surface area contributed by atoms with Crippen LogP contribution in [0, 0.1) is 5.82 Å². The first kappa shape index (κ1) is 15.7. The van der Waals surface area contributed by atoms with Gasteiger partial charge in [-0.2, -0.15) is 0 Å². The molecule has 3 aromatic carbocycles. The number of hydrogen-bond acceptors (Lipinski definition) is 2. The Bertz CT molecular complexity index is 863. The highest BCUT2D eigenvalue weighted by molar-refractivity contribution is 5.92. The topological polar surface area (TPSA) is 49.3 Å². The molecule has 0 fully saturated rings. The smallest absolute Gasteiger partial charge is 0.336 e. The normalized spacial score (nSPS) is 10.4. The number of anilines is 2. The van der Waals surface area contributed by atoms with Gasteiger partial charge in [-0.3, -0.25) is 0 Å². The van der Waals surface area contributed by atoms with Crippen LogP contribution in [0.25, 0.3) is 0 Å². The number of carboxylic acids is 1. The fraction of sp³-hybridized carbons (Fsp3) is 0.0500. The van der Waals surface area contributed by atoms with Crippen LogP contribution in [-0.2, 0) is 6.42 Å². The van der Waals surface area contributed by atoms with Crippen molar-refractivity contribution in [1.29, 1.82) is 0 Å². The van der Waals surface area contributed by atoms with Crippen LogP contribution in [0.1, 0.15) is 21.5 Å². The van der Waals surface area contributed by atoms with Crippen LogP contribution in [0.3, 0.4) is 0 Å². The summed E-state index contributed by atoms with van der Waals surface area (Å²) in [6.07, 6.45) is 0.445. The highest BCUT2D eigenvalue weighted by atomic mass is 19.1. The zero-order valence-corrected chi connectivity index (χ0v) is 12.9. The summed E-state index contributed by atoms with van der Waals surface area (Å²) in [6, 6.07) is 20.9. The number of aromatic carboxylic acids is 1. The molecule has 120 valence electrons. The molecule has 0 aliphatic rings. The van der Waals surface area contributed by atoms with Gasteiger partial charge in [-0.05, 0) is 35.4 Å². The number of para-hydroxylation sites is 1. The lowest BCUT2D eigenvalue weighted by Gasteiger charge is -2.15. The molecule has 3 rings (SSSR count). The van der Waals surface area contributed by atoms with E-state index in [-0.39, 0.29) is 11.4 Å².